The maximum absolute atomic E-state index is 13.2. The highest BCUT2D eigenvalue weighted by atomic mass is 32.2. The van der Waals surface area contributed by atoms with Crippen LogP contribution < -0.4 is 5.73 Å². The Morgan fingerprint density at radius 2 is 1.53 bits per heavy atom. The zero-order valence-corrected chi connectivity index (χ0v) is 17.6. The number of piperidine rings is 1. The van der Waals surface area contributed by atoms with Gasteiger partial charge in [-0.05, 0) is 37.0 Å². The van der Waals surface area contributed by atoms with Crippen molar-refractivity contribution in [3.05, 3.63) is 66.2 Å². The van der Waals surface area contributed by atoms with E-state index in [1.54, 1.807) is 23.1 Å². The molecule has 0 bridgehead atoms. The van der Waals surface area contributed by atoms with Gasteiger partial charge in [-0.3, -0.25) is 9.59 Å². The molecule has 0 radical (unpaired) electrons. The first-order chi connectivity index (χ1) is 14.4. The van der Waals surface area contributed by atoms with Crippen LogP contribution in [0.1, 0.15) is 18.4 Å². The van der Waals surface area contributed by atoms with E-state index in [0.717, 1.165) is 5.56 Å². The van der Waals surface area contributed by atoms with Gasteiger partial charge in [-0.15, -0.1) is 0 Å². The summed E-state index contributed by atoms with van der Waals surface area (Å²) in [6, 6.07) is 17.7. The topological polar surface area (TPSA) is 101 Å². The summed E-state index contributed by atoms with van der Waals surface area (Å²) < 4.78 is 27.7. The van der Waals surface area contributed by atoms with E-state index in [0.29, 0.717) is 32.4 Å². The van der Waals surface area contributed by atoms with Crippen LogP contribution in [0.5, 0.6) is 0 Å². The van der Waals surface area contributed by atoms with Gasteiger partial charge in [-0.25, -0.2) is 8.42 Å². The number of benzene rings is 2. The van der Waals surface area contributed by atoms with Crippen LogP contribution in [0.15, 0.2) is 65.6 Å². The minimum atomic E-state index is -3.82. The number of nitrogens with zero attached hydrogens (tertiary/aromatic N) is 2. The lowest BCUT2D eigenvalue weighted by Gasteiger charge is -2.32. The molecule has 7 nitrogen and oxygen atoms in total. The minimum Gasteiger partial charge on any atom is -0.369 e. The molecule has 0 atom stereocenters. The third-order valence-electron chi connectivity index (χ3n) is 5.44. The summed E-state index contributed by atoms with van der Waals surface area (Å²) in [5, 5.41) is 0. The van der Waals surface area contributed by atoms with E-state index < -0.39 is 10.0 Å². The van der Waals surface area contributed by atoms with Crippen LogP contribution in [0.25, 0.3) is 0 Å². The Kier molecular flexibility index (Phi) is 7.23. The lowest BCUT2D eigenvalue weighted by Crippen LogP contribution is -2.47. The van der Waals surface area contributed by atoms with Crippen molar-refractivity contribution in [3.8, 4) is 0 Å². The Morgan fingerprint density at radius 1 is 0.967 bits per heavy atom. The zero-order valence-electron chi connectivity index (χ0n) is 16.8. The molecule has 2 N–H and O–H groups in total. The molecule has 30 heavy (non-hydrogen) atoms. The summed E-state index contributed by atoms with van der Waals surface area (Å²) in [6.07, 6.45) is 1.52. The molecular formula is C22H27N3O4S. The van der Waals surface area contributed by atoms with Crippen LogP contribution in [-0.4, -0.2) is 55.6 Å². The molecule has 0 spiro atoms. The van der Waals surface area contributed by atoms with Crippen LogP contribution in [0.4, 0.5) is 0 Å². The van der Waals surface area contributed by atoms with E-state index >= 15 is 0 Å². The number of carbonyl (C=O) groups is 2. The number of sulfonamides is 1. The average molecular weight is 430 g/mol. The third kappa shape index (κ3) is 5.46. The second-order valence-corrected chi connectivity index (χ2v) is 9.38. The summed E-state index contributed by atoms with van der Waals surface area (Å²) in [5.74, 6) is -0.833. The van der Waals surface area contributed by atoms with Gasteiger partial charge in [0.1, 0.15) is 0 Å². The molecule has 2 amide bonds. The largest absolute Gasteiger partial charge is 0.369 e. The molecule has 0 aliphatic carbocycles. The molecule has 1 aliphatic rings. The van der Waals surface area contributed by atoms with E-state index in [4.69, 9.17) is 5.73 Å². The molecule has 1 fully saturated rings. The lowest BCUT2D eigenvalue weighted by molar-refractivity contribution is -0.135. The molecule has 2 aromatic rings. The third-order valence-corrected chi connectivity index (χ3v) is 7.29. The molecule has 0 unspecified atom stereocenters. The smallest absolute Gasteiger partial charge is 0.243 e. The van der Waals surface area contributed by atoms with E-state index in [1.165, 1.54) is 16.4 Å². The lowest BCUT2D eigenvalue weighted by atomic mass is 9.96. The summed E-state index contributed by atoms with van der Waals surface area (Å²) in [6.45, 7) is 0.782. The molecule has 160 valence electrons. The Bertz CT molecular complexity index is 956. The summed E-state index contributed by atoms with van der Waals surface area (Å²) >= 11 is 0. The molecular weight excluding hydrogens is 402 g/mol. The first kappa shape index (κ1) is 22.0. The van der Waals surface area contributed by atoms with Gasteiger partial charge in [0.2, 0.25) is 21.8 Å². The number of nitrogens with two attached hydrogens (primary N) is 1. The number of primary amides is 1. The number of rotatable bonds is 8. The first-order valence-electron chi connectivity index (χ1n) is 10.0. The predicted octanol–water partition coefficient (Wildman–Crippen LogP) is 1.64. The van der Waals surface area contributed by atoms with Gasteiger partial charge in [0.05, 0.1) is 11.4 Å². The number of hydrogen-bond acceptors (Lipinski definition) is 4. The van der Waals surface area contributed by atoms with Gasteiger partial charge in [0.15, 0.2) is 0 Å². The SMILES string of the molecule is NC(=O)C1CCN(C(=O)CN(CCc2ccccc2)S(=O)(=O)c2ccccc2)CC1. The molecule has 1 aliphatic heterocycles. The van der Waals surface area contributed by atoms with Gasteiger partial charge in [0.25, 0.3) is 0 Å². The van der Waals surface area contributed by atoms with Gasteiger partial charge >= 0.3 is 0 Å². The Hall–Kier alpha value is -2.71. The van der Waals surface area contributed by atoms with Gasteiger partial charge < -0.3 is 10.6 Å². The molecule has 3 rings (SSSR count). The van der Waals surface area contributed by atoms with E-state index in [2.05, 4.69) is 0 Å². The monoisotopic (exact) mass is 429 g/mol. The van der Waals surface area contributed by atoms with Crippen molar-refractivity contribution in [3.63, 3.8) is 0 Å². The Balaban J connectivity index is 1.74. The highest BCUT2D eigenvalue weighted by Gasteiger charge is 2.31. The highest BCUT2D eigenvalue weighted by molar-refractivity contribution is 7.89. The van der Waals surface area contributed by atoms with Crippen LogP contribution >= 0.6 is 0 Å². The van der Waals surface area contributed by atoms with Crippen molar-refractivity contribution >= 4 is 21.8 Å². The molecule has 0 aromatic heterocycles. The fourth-order valence-corrected chi connectivity index (χ4v) is 5.00. The van der Waals surface area contributed by atoms with Crippen LogP contribution in [0.3, 0.4) is 0 Å². The summed E-state index contributed by atoms with van der Waals surface area (Å²) in [7, 11) is -3.82. The van der Waals surface area contributed by atoms with Gasteiger partial charge in [0, 0.05) is 25.6 Å². The summed E-state index contributed by atoms with van der Waals surface area (Å²) in [4.78, 5) is 26.0. The second kappa shape index (κ2) is 9.86. The molecule has 2 aromatic carbocycles. The minimum absolute atomic E-state index is 0.165. The first-order valence-corrected chi connectivity index (χ1v) is 11.5. The highest BCUT2D eigenvalue weighted by Crippen LogP contribution is 2.19. The number of carbonyl (C=O) groups excluding carboxylic acids is 2. The standard InChI is InChI=1S/C22H27N3O4S/c23-22(27)19-12-14-24(15-13-19)21(26)17-25(16-11-18-7-3-1-4-8-18)30(28,29)20-9-5-2-6-10-20/h1-10,19H,11-17H2,(H2,23,27). The maximum Gasteiger partial charge on any atom is 0.243 e. The molecule has 8 heteroatoms. The van der Waals surface area contributed by atoms with E-state index in [-0.39, 0.29) is 35.7 Å². The maximum atomic E-state index is 13.2. The van der Waals surface area contributed by atoms with Crippen molar-refractivity contribution in [2.24, 2.45) is 11.7 Å². The number of likely N-dealkylation sites (tertiary alicyclic amines) is 1. The number of amides is 2. The fraction of sp³-hybridized carbons (Fsp3) is 0.364. The van der Waals surface area contributed by atoms with Crippen LogP contribution in [0.2, 0.25) is 0 Å². The van der Waals surface area contributed by atoms with Crippen molar-refractivity contribution in [2.45, 2.75) is 24.2 Å². The average Bonchev–Trinajstić information content (AvgIpc) is 2.77. The van der Waals surface area contributed by atoms with Crippen molar-refractivity contribution in [1.82, 2.24) is 9.21 Å². The van der Waals surface area contributed by atoms with Gasteiger partial charge in [-0.1, -0.05) is 48.5 Å². The quantitative estimate of drug-likeness (QED) is 0.689. The Labute approximate surface area is 177 Å². The normalized spacial score (nSPS) is 15.3. The fourth-order valence-electron chi connectivity index (χ4n) is 3.59. The van der Waals surface area contributed by atoms with Crippen LogP contribution in [0, 0.1) is 5.92 Å². The molecule has 0 saturated carbocycles. The van der Waals surface area contributed by atoms with Gasteiger partial charge in [-0.2, -0.15) is 4.31 Å². The van der Waals surface area contributed by atoms with Crippen LogP contribution in [-0.2, 0) is 26.0 Å². The zero-order chi connectivity index (χ0) is 21.6. The Morgan fingerprint density at radius 3 is 2.10 bits per heavy atom. The predicted molar refractivity (Wildman–Crippen MR) is 114 cm³/mol. The molecule has 1 heterocycles. The summed E-state index contributed by atoms with van der Waals surface area (Å²) in [5.41, 5.74) is 6.36. The second-order valence-electron chi connectivity index (χ2n) is 7.44. The van der Waals surface area contributed by atoms with Crippen molar-refractivity contribution in [2.75, 3.05) is 26.2 Å². The number of hydrogen-bond donors (Lipinski definition) is 1. The molecule has 1 saturated heterocycles. The van der Waals surface area contributed by atoms with Crippen molar-refractivity contribution in [1.29, 1.82) is 0 Å². The van der Waals surface area contributed by atoms with E-state index in [9.17, 15) is 18.0 Å². The van der Waals surface area contributed by atoms with E-state index in [1.807, 2.05) is 30.3 Å². The van der Waals surface area contributed by atoms with Crippen molar-refractivity contribution < 1.29 is 18.0 Å².